The van der Waals surface area contributed by atoms with Crippen molar-refractivity contribution in [3.63, 3.8) is 0 Å². The van der Waals surface area contributed by atoms with Gasteiger partial charge in [0.1, 0.15) is 40.1 Å². The fourth-order valence-corrected chi connectivity index (χ4v) is 4.81. The second-order valence-corrected chi connectivity index (χ2v) is 11.0. The van der Waals surface area contributed by atoms with Crippen LogP contribution in [0.4, 0.5) is 0 Å². The summed E-state index contributed by atoms with van der Waals surface area (Å²) in [5, 5.41) is 21.9. The van der Waals surface area contributed by atoms with Crippen molar-refractivity contribution >= 4 is 17.9 Å². The summed E-state index contributed by atoms with van der Waals surface area (Å²) in [7, 11) is 0. The van der Waals surface area contributed by atoms with E-state index in [0.717, 1.165) is 16.7 Å². The number of aromatic hydroxyl groups is 2. The third kappa shape index (κ3) is 4.15. The number of carbonyl (C=O) groups excluding carboxylic acids is 1. The topological polar surface area (TPSA) is 85.2 Å². The van der Waals surface area contributed by atoms with E-state index < -0.39 is 17.3 Å². The number of fused-ring (bicyclic) bond motifs is 3. The van der Waals surface area contributed by atoms with Crippen molar-refractivity contribution in [2.45, 2.75) is 71.7 Å². The summed E-state index contributed by atoms with van der Waals surface area (Å²) in [4.78, 5) is 13.4. The molecular formula is C30H32O6. The molecule has 0 radical (unpaired) electrons. The van der Waals surface area contributed by atoms with E-state index >= 15 is 0 Å². The summed E-state index contributed by atoms with van der Waals surface area (Å²) in [6, 6.07) is 3.47. The van der Waals surface area contributed by atoms with Crippen LogP contribution in [0, 0.1) is 0 Å². The molecular weight excluding hydrogens is 456 g/mol. The maximum Gasteiger partial charge on any atom is 0.174 e. The molecule has 3 aliphatic rings. The molecule has 0 aliphatic carbocycles. The number of phenols is 2. The van der Waals surface area contributed by atoms with E-state index in [1.807, 2.05) is 78.0 Å². The third-order valence-electron chi connectivity index (χ3n) is 6.67. The zero-order chi connectivity index (χ0) is 26.0. The number of hydrogen-bond donors (Lipinski definition) is 2. The zero-order valence-corrected chi connectivity index (χ0v) is 21.6. The molecule has 2 N–H and O–H groups in total. The molecule has 2 aromatic rings. The summed E-state index contributed by atoms with van der Waals surface area (Å²) in [5.74, 6) is 0.923. The summed E-state index contributed by atoms with van der Waals surface area (Å²) >= 11 is 0. The van der Waals surface area contributed by atoms with Crippen LogP contribution in [0.2, 0.25) is 0 Å². The molecule has 0 saturated carbocycles. The van der Waals surface area contributed by atoms with Gasteiger partial charge in [-0.2, -0.15) is 0 Å². The molecule has 3 aliphatic heterocycles. The lowest BCUT2D eigenvalue weighted by atomic mass is 9.87. The van der Waals surface area contributed by atoms with Crippen LogP contribution < -0.4 is 14.2 Å². The Bertz CT molecular complexity index is 1370. The lowest BCUT2D eigenvalue weighted by Gasteiger charge is -2.34. The number of phenolic OH excluding ortho intramolecular Hbond substituents is 2. The fraction of sp³-hybridized carbons (Fsp3) is 0.367. The SMILES string of the molecule is CC(C)=CCc1c2c(c(O)c3c1O[C@H](c1cc(O)c4c(c1)C=CC(C)(C)O4)CC3=O)C=CC(C)(C)O2. The number of benzene rings is 2. The van der Waals surface area contributed by atoms with Crippen molar-refractivity contribution in [3.8, 4) is 28.7 Å². The Hall–Kier alpha value is -3.67. The number of ketones is 1. The molecule has 0 saturated heterocycles. The van der Waals surface area contributed by atoms with Crippen LogP contribution >= 0.6 is 0 Å². The van der Waals surface area contributed by atoms with Crippen LogP contribution in [-0.2, 0) is 6.42 Å². The minimum absolute atomic E-state index is 0.00459. The van der Waals surface area contributed by atoms with Gasteiger partial charge in [-0.25, -0.2) is 0 Å². The Kier molecular flexibility index (Phi) is 5.47. The van der Waals surface area contributed by atoms with E-state index in [0.29, 0.717) is 34.8 Å². The molecule has 6 heteroatoms. The predicted molar refractivity (Wildman–Crippen MR) is 139 cm³/mol. The number of carbonyl (C=O) groups is 1. The highest BCUT2D eigenvalue weighted by Crippen LogP contribution is 2.52. The van der Waals surface area contributed by atoms with Gasteiger partial charge < -0.3 is 24.4 Å². The van der Waals surface area contributed by atoms with E-state index in [4.69, 9.17) is 14.2 Å². The second kappa shape index (κ2) is 8.19. The first-order valence-electron chi connectivity index (χ1n) is 12.2. The Labute approximate surface area is 211 Å². The van der Waals surface area contributed by atoms with Crippen LogP contribution in [0.15, 0.2) is 35.9 Å². The van der Waals surface area contributed by atoms with E-state index in [2.05, 4.69) is 0 Å². The van der Waals surface area contributed by atoms with Crippen molar-refractivity contribution < 1.29 is 29.2 Å². The molecule has 0 bridgehead atoms. The van der Waals surface area contributed by atoms with Crippen LogP contribution in [0.1, 0.15) is 86.7 Å². The maximum absolute atomic E-state index is 13.4. The Balaban J connectivity index is 1.63. The normalized spacial score (nSPS) is 20.3. The van der Waals surface area contributed by atoms with Crippen LogP contribution in [-0.4, -0.2) is 27.2 Å². The second-order valence-electron chi connectivity index (χ2n) is 11.0. The highest BCUT2D eigenvalue weighted by molar-refractivity contribution is 6.05. The van der Waals surface area contributed by atoms with Gasteiger partial charge in [-0.05, 0) is 83.9 Å². The van der Waals surface area contributed by atoms with E-state index in [-0.39, 0.29) is 29.3 Å². The molecule has 0 spiro atoms. The molecule has 0 unspecified atom stereocenters. The van der Waals surface area contributed by atoms with E-state index in [1.165, 1.54) is 0 Å². The van der Waals surface area contributed by atoms with Gasteiger partial charge in [-0.15, -0.1) is 0 Å². The molecule has 6 nitrogen and oxygen atoms in total. The van der Waals surface area contributed by atoms with Crippen molar-refractivity contribution in [2.75, 3.05) is 0 Å². The smallest absolute Gasteiger partial charge is 0.174 e. The highest BCUT2D eigenvalue weighted by Gasteiger charge is 2.38. The number of hydrogen-bond acceptors (Lipinski definition) is 6. The summed E-state index contributed by atoms with van der Waals surface area (Å²) < 4.78 is 18.7. The largest absolute Gasteiger partial charge is 0.506 e. The first kappa shape index (κ1) is 24.0. The maximum atomic E-state index is 13.4. The molecule has 36 heavy (non-hydrogen) atoms. The summed E-state index contributed by atoms with van der Waals surface area (Å²) in [6.07, 6.45) is 9.45. The van der Waals surface area contributed by atoms with Crippen LogP contribution in [0.25, 0.3) is 12.2 Å². The van der Waals surface area contributed by atoms with Crippen molar-refractivity contribution in [1.29, 1.82) is 0 Å². The molecule has 5 rings (SSSR count). The van der Waals surface area contributed by atoms with Gasteiger partial charge in [-0.1, -0.05) is 17.7 Å². The average molecular weight is 489 g/mol. The number of rotatable bonds is 3. The first-order valence-corrected chi connectivity index (χ1v) is 12.2. The minimum Gasteiger partial charge on any atom is -0.506 e. The third-order valence-corrected chi connectivity index (χ3v) is 6.67. The predicted octanol–water partition coefficient (Wildman–Crippen LogP) is 6.68. The Morgan fingerprint density at radius 1 is 1.00 bits per heavy atom. The number of allylic oxidation sites excluding steroid dienone is 2. The lowest BCUT2D eigenvalue weighted by Crippen LogP contribution is -2.30. The monoisotopic (exact) mass is 488 g/mol. The van der Waals surface area contributed by atoms with Crippen molar-refractivity contribution in [2.24, 2.45) is 0 Å². The summed E-state index contributed by atoms with van der Waals surface area (Å²) in [5.41, 5.74) is 2.80. The molecule has 0 amide bonds. The molecule has 2 aromatic carbocycles. The van der Waals surface area contributed by atoms with Gasteiger partial charge in [0.15, 0.2) is 17.3 Å². The van der Waals surface area contributed by atoms with Crippen molar-refractivity contribution in [3.05, 3.63) is 63.8 Å². The van der Waals surface area contributed by atoms with Gasteiger partial charge >= 0.3 is 0 Å². The van der Waals surface area contributed by atoms with E-state index in [9.17, 15) is 15.0 Å². The molecule has 0 aromatic heterocycles. The van der Waals surface area contributed by atoms with Crippen LogP contribution in [0.5, 0.6) is 28.7 Å². The van der Waals surface area contributed by atoms with Gasteiger partial charge in [0.25, 0.3) is 0 Å². The van der Waals surface area contributed by atoms with E-state index in [1.54, 1.807) is 6.07 Å². The molecule has 188 valence electrons. The standard InChI is InChI=1S/C30H32O6/c1-16(2)7-8-20-27-19(10-12-30(5,6)36-27)25(33)24-21(31)15-23(34-28(20)24)18-13-17-9-11-29(3,4)35-26(17)22(32)14-18/h7,9-14,23,32-33H,8,15H2,1-6H3/t23-/m0/s1. The number of Topliss-reactive ketones (excluding diaryl/α,β-unsaturated/α-hetero) is 1. The van der Waals surface area contributed by atoms with Gasteiger partial charge in [0.2, 0.25) is 0 Å². The van der Waals surface area contributed by atoms with Crippen molar-refractivity contribution in [1.82, 2.24) is 0 Å². The Morgan fingerprint density at radius 2 is 1.67 bits per heavy atom. The molecule has 0 fully saturated rings. The quantitative estimate of drug-likeness (QED) is 0.469. The molecule has 3 heterocycles. The van der Waals surface area contributed by atoms with Gasteiger partial charge in [0.05, 0.1) is 12.0 Å². The first-order chi connectivity index (χ1) is 16.8. The summed E-state index contributed by atoms with van der Waals surface area (Å²) in [6.45, 7) is 11.7. The van der Waals surface area contributed by atoms with Crippen LogP contribution in [0.3, 0.4) is 0 Å². The highest BCUT2D eigenvalue weighted by atomic mass is 16.5. The Morgan fingerprint density at radius 3 is 2.36 bits per heavy atom. The molecule has 1 atom stereocenters. The zero-order valence-electron chi connectivity index (χ0n) is 21.6. The van der Waals surface area contributed by atoms with Gasteiger partial charge in [0, 0.05) is 11.1 Å². The van der Waals surface area contributed by atoms with Gasteiger partial charge in [-0.3, -0.25) is 4.79 Å². The average Bonchev–Trinajstić information content (AvgIpc) is 2.77. The fourth-order valence-electron chi connectivity index (χ4n) is 4.81. The lowest BCUT2D eigenvalue weighted by molar-refractivity contribution is 0.0838. The minimum atomic E-state index is -0.639. The number of ether oxygens (including phenoxy) is 3.